The fourth-order valence-electron chi connectivity index (χ4n) is 1.84. The quantitative estimate of drug-likeness (QED) is 0.820. The van der Waals surface area contributed by atoms with Gasteiger partial charge in [0.05, 0.1) is 11.1 Å². The molecule has 0 aliphatic carbocycles. The molecule has 1 aromatic carbocycles. The van der Waals surface area contributed by atoms with Crippen molar-refractivity contribution in [1.82, 2.24) is 10.3 Å². The Morgan fingerprint density at radius 1 is 1.27 bits per heavy atom. The number of H-pyrrole nitrogens is 1. The molecule has 2 N–H and O–H groups in total. The Morgan fingerprint density at radius 3 is 2.68 bits per heavy atom. The van der Waals surface area contributed by atoms with Crippen LogP contribution in [0.1, 0.15) is 29.0 Å². The molecular weight excluding hydrogens is 327 g/mol. The highest BCUT2D eigenvalue weighted by Gasteiger charge is 2.14. The number of ether oxygens (including phenoxy) is 1. The molecule has 116 valence electrons. The Kier molecular flexibility index (Phi) is 5.46. The number of hydrogen-bond acceptors (Lipinski definition) is 3. The van der Waals surface area contributed by atoms with Crippen LogP contribution in [0.5, 0.6) is 0 Å². The SMILES string of the molecule is CC(NC(=O)COC(=O)c1cc(Cl)c[nH]1)c1cccc(Cl)c1. The Labute approximate surface area is 137 Å². The summed E-state index contributed by atoms with van der Waals surface area (Å²) in [6.07, 6.45) is 1.46. The van der Waals surface area contributed by atoms with Crippen molar-refractivity contribution in [2.75, 3.05) is 6.61 Å². The lowest BCUT2D eigenvalue weighted by atomic mass is 10.1. The summed E-state index contributed by atoms with van der Waals surface area (Å²) in [6, 6.07) is 8.35. The third-order valence-electron chi connectivity index (χ3n) is 2.93. The molecule has 1 amide bonds. The van der Waals surface area contributed by atoms with Gasteiger partial charge in [-0.05, 0) is 30.7 Å². The summed E-state index contributed by atoms with van der Waals surface area (Å²) in [6.45, 7) is 1.44. The van der Waals surface area contributed by atoms with E-state index in [2.05, 4.69) is 10.3 Å². The highest BCUT2D eigenvalue weighted by Crippen LogP contribution is 2.17. The van der Waals surface area contributed by atoms with Crippen LogP contribution in [0.25, 0.3) is 0 Å². The lowest BCUT2D eigenvalue weighted by Gasteiger charge is -2.14. The predicted molar refractivity (Wildman–Crippen MR) is 84.1 cm³/mol. The number of carbonyl (C=O) groups excluding carboxylic acids is 2. The van der Waals surface area contributed by atoms with Crippen LogP contribution in [0.15, 0.2) is 36.5 Å². The molecule has 1 aromatic heterocycles. The van der Waals surface area contributed by atoms with Gasteiger partial charge >= 0.3 is 5.97 Å². The van der Waals surface area contributed by atoms with Crippen molar-refractivity contribution < 1.29 is 14.3 Å². The van der Waals surface area contributed by atoms with Crippen molar-refractivity contribution in [3.63, 3.8) is 0 Å². The third-order valence-corrected chi connectivity index (χ3v) is 3.38. The number of aromatic amines is 1. The summed E-state index contributed by atoms with van der Waals surface area (Å²) >= 11 is 11.6. The van der Waals surface area contributed by atoms with Crippen LogP contribution in [0.2, 0.25) is 10.0 Å². The minimum Gasteiger partial charge on any atom is -0.451 e. The number of aromatic nitrogens is 1. The van der Waals surface area contributed by atoms with Crippen molar-refractivity contribution in [3.8, 4) is 0 Å². The van der Waals surface area contributed by atoms with Gasteiger partial charge in [0.2, 0.25) is 0 Å². The van der Waals surface area contributed by atoms with Gasteiger partial charge in [-0.3, -0.25) is 4.79 Å². The molecule has 0 fully saturated rings. The summed E-state index contributed by atoms with van der Waals surface area (Å²) in [5, 5.41) is 3.71. The zero-order valence-corrected chi connectivity index (χ0v) is 13.2. The molecular formula is C15H14Cl2N2O3. The van der Waals surface area contributed by atoms with Crippen molar-refractivity contribution in [1.29, 1.82) is 0 Å². The van der Waals surface area contributed by atoms with Gasteiger partial charge < -0.3 is 15.0 Å². The highest BCUT2D eigenvalue weighted by atomic mass is 35.5. The van der Waals surface area contributed by atoms with Crippen molar-refractivity contribution in [3.05, 3.63) is 57.8 Å². The van der Waals surface area contributed by atoms with Crippen LogP contribution >= 0.6 is 23.2 Å². The first-order valence-electron chi connectivity index (χ1n) is 6.51. The van der Waals surface area contributed by atoms with E-state index in [9.17, 15) is 9.59 Å². The Hall–Kier alpha value is -1.98. The van der Waals surface area contributed by atoms with Gasteiger partial charge in [0, 0.05) is 11.2 Å². The van der Waals surface area contributed by atoms with Crippen LogP contribution in [0, 0.1) is 0 Å². The smallest absolute Gasteiger partial charge is 0.355 e. The first-order valence-corrected chi connectivity index (χ1v) is 7.27. The largest absolute Gasteiger partial charge is 0.451 e. The fourth-order valence-corrected chi connectivity index (χ4v) is 2.20. The van der Waals surface area contributed by atoms with Gasteiger partial charge in [-0.2, -0.15) is 0 Å². The molecule has 1 atom stereocenters. The molecule has 2 rings (SSSR count). The van der Waals surface area contributed by atoms with Gasteiger partial charge in [0.25, 0.3) is 5.91 Å². The first kappa shape index (κ1) is 16.4. The number of nitrogens with one attached hydrogen (secondary N) is 2. The van der Waals surface area contributed by atoms with Crippen LogP contribution in [0.4, 0.5) is 0 Å². The molecule has 0 spiro atoms. The van der Waals surface area contributed by atoms with Gasteiger partial charge in [-0.25, -0.2) is 4.79 Å². The molecule has 1 unspecified atom stereocenters. The second-order valence-corrected chi connectivity index (χ2v) is 5.52. The van der Waals surface area contributed by atoms with Crippen molar-refractivity contribution >= 4 is 35.1 Å². The molecule has 0 saturated carbocycles. The number of hydrogen-bond donors (Lipinski definition) is 2. The first-order chi connectivity index (χ1) is 10.5. The molecule has 7 heteroatoms. The topological polar surface area (TPSA) is 71.2 Å². The van der Waals surface area contributed by atoms with Gasteiger partial charge in [0.15, 0.2) is 6.61 Å². The molecule has 0 aliphatic rings. The maximum absolute atomic E-state index is 11.8. The Morgan fingerprint density at radius 2 is 2.05 bits per heavy atom. The number of halogens is 2. The van der Waals surface area contributed by atoms with Gasteiger partial charge in [0.1, 0.15) is 5.69 Å². The second-order valence-electron chi connectivity index (χ2n) is 4.65. The third kappa shape index (κ3) is 4.51. The summed E-state index contributed by atoms with van der Waals surface area (Å²) in [5.74, 6) is -1.05. The fraction of sp³-hybridized carbons (Fsp3) is 0.200. The lowest BCUT2D eigenvalue weighted by molar-refractivity contribution is -0.124. The summed E-state index contributed by atoms with van der Waals surface area (Å²) in [4.78, 5) is 26.1. The molecule has 0 radical (unpaired) electrons. The molecule has 1 heterocycles. The van der Waals surface area contributed by atoms with E-state index in [4.69, 9.17) is 27.9 Å². The van der Waals surface area contributed by atoms with E-state index in [1.807, 2.05) is 13.0 Å². The number of amides is 1. The average molecular weight is 341 g/mol. The zero-order chi connectivity index (χ0) is 16.1. The van der Waals surface area contributed by atoms with Crippen molar-refractivity contribution in [2.45, 2.75) is 13.0 Å². The second kappa shape index (κ2) is 7.33. The number of rotatable bonds is 5. The summed E-state index contributed by atoms with van der Waals surface area (Å²) < 4.78 is 4.90. The van der Waals surface area contributed by atoms with Crippen molar-refractivity contribution in [2.24, 2.45) is 0 Å². The average Bonchev–Trinajstić information content (AvgIpc) is 2.91. The molecule has 2 aromatic rings. The maximum atomic E-state index is 11.8. The van der Waals surface area contributed by atoms with E-state index >= 15 is 0 Å². The zero-order valence-electron chi connectivity index (χ0n) is 11.7. The summed E-state index contributed by atoms with van der Waals surface area (Å²) in [5.41, 5.74) is 1.06. The normalized spacial score (nSPS) is 11.8. The van der Waals surface area contributed by atoms with E-state index in [1.165, 1.54) is 12.3 Å². The molecule has 22 heavy (non-hydrogen) atoms. The Balaban J connectivity index is 1.84. The van der Waals surface area contributed by atoms with Gasteiger partial charge in [-0.1, -0.05) is 35.3 Å². The molecule has 0 bridgehead atoms. The van der Waals surface area contributed by atoms with E-state index in [-0.39, 0.29) is 18.3 Å². The predicted octanol–water partition coefficient (Wildman–Crippen LogP) is 3.36. The minimum absolute atomic E-state index is 0.195. The van der Waals surface area contributed by atoms with E-state index < -0.39 is 11.9 Å². The van der Waals surface area contributed by atoms with Crippen LogP contribution in [-0.2, 0) is 9.53 Å². The van der Waals surface area contributed by atoms with E-state index in [0.717, 1.165) is 5.56 Å². The highest BCUT2D eigenvalue weighted by molar-refractivity contribution is 6.31. The Bertz CT molecular complexity index is 685. The van der Waals surface area contributed by atoms with E-state index in [1.54, 1.807) is 18.2 Å². The van der Waals surface area contributed by atoms with Crippen LogP contribution in [-0.4, -0.2) is 23.5 Å². The molecule has 5 nitrogen and oxygen atoms in total. The minimum atomic E-state index is -0.641. The van der Waals surface area contributed by atoms with E-state index in [0.29, 0.717) is 10.0 Å². The van der Waals surface area contributed by atoms with Crippen LogP contribution in [0.3, 0.4) is 0 Å². The number of carbonyl (C=O) groups is 2. The monoisotopic (exact) mass is 340 g/mol. The number of benzene rings is 1. The molecule has 0 aliphatic heterocycles. The maximum Gasteiger partial charge on any atom is 0.355 e. The lowest BCUT2D eigenvalue weighted by Crippen LogP contribution is -2.31. The standard InChI is InChI=1S/C15H14Cl2N2O3/c1-9(10-3-2-4-11(16)5-10)19-14(20)8-22-15(21)13-6-12(17)7-18-13/h2-7,9,18H,8H2,1H3,(H,19,20). The van der Waals surface area contributed by atoms with Crippen LogP contribution < -0.4 is 5.32 Å². The van der Waals surface area contributed by atoms with Gasteiger partial charge in [-0.15, -0.1) is 0 Å². The number of esters is 1. The summed E-state index contributed by atoms with van der Waals surface area (Å²) in [7, 11) is 0. The molecule has 0 saturated heterocycles.